The Morgan fingerprint density at radius 1 is 1.42 bits per heavy atom. The molecule has 1 saturated heterocycles. The Hall–Kier alpha value is -1.29. The van der Waals surface area contributed by atoms with Crippen LogP contribution in [0.2, 0.25) is 0 Å². The van der Waals surface area contributed by atoms with Gasteiger partial charge >= 0.3 is 0 Å². The maximum atomic E-state index is 4.33. The zero-order chi connectivity index (χ0) is 16.1. The van der Waals surface area contributed by atoms with Crippen molar-refractivity contribution in [1.82, 2.24) is 20.4 Å². The van der Waals surface area contributed by atoms with Gasteiger partial charge in [0.1, 0.15) is 0 Å². The van der Waals surface area contributed by atoms with Crippen LogP contribution in [0.1, 0.15) is 18.4 Å². The molecule has 0 unspecified atom stereocenters. The van der Waals surface area contributed by atoms with Crippen LogP contribution in [0.15, 0.2) is 34.9 Å². The second-order valence-electron chi connectivity index (χ2n) is 5.80. The van der Waals surface area contributed by atoms with Gasteiger partial charge in [0.05, 0.1) is 11.2 Å². The first-order valence-corrected chi connectivity index (χ1v) is 8.85. The van der Waals surface area contributed by atoms with Crippen molar-refractivity contribution in [3.05, 3.63) is 35.5 Å². The van der Waals surface area contributed by atoms with Gasteiger partial charge in [-0.2, -0.15) is 5.10 Å². The number of piperidine rings is 1. The Kier molecular flexibility index (Phi) is 7.35. The van der Waals surface area contributed by atoms with E-state index in [-0.39, 0.29) is 24.0 Å². The molecule has 0 saturated carbocycles. The second-order valence-corrected chi connectivity index (χ2v) is 6.73. The lowest BCUT2D eigenvalue weighted by Crippen LogP contribution is -2.48. The number of aryl methyl sites for hydroxylation is 1. The topological polar surface area (TPSA) is 57.5 Å². The fourth-order valence-corrected chi connectivity index (χ4v) is 3.62. The van der Waals surface area contributed by atoms with Gasteiger partial charge in [-0.05, 0) is 30.4 Å². The minimum atomic E-state index is 0. The molecule has 8 heteroatoms. The average Bonchev–Trinajstić information content (AvgIpc) is 3.24. The van der Waals surface area contributed by atoms with Gasteiger partial charge in [-0.1, -0.05) is 0 Å². The van der Waals surface area contributed by atoms with Crippen LogP contribution in [0.3, 0.4) is 0 Å². The summed E-state index contributed by atoms with van der Waals surface area (Å²) in [6.07, 6.45) is 6.15. The zero-order valence-corrected chi connectivity index (χ0v) is 17.3. The molecule has 0 aliphatic carbocycles. The molecule has 2 aromatic heterocycles. The number of aliphatic imine (C=N–C) groups is 1. The smallest absolute Gasteiger partial charge is 0.191 e. The number of nitrogens with zero attached hydrogens (tertiary/aromatic N) is 4. The van der Waals surface area contributed by atoms with Gasteiger partial charge in [-0.15, -0.1) is 35.3 Å². The summed E-state index contributed by atoms with van der Waals surface area (Å²) in [7, 11) is 3.75. The van der Waals surface area contributed by atoms with E-state index in [1.807, 2.05) is 42.5 Å². The molecular formula is C16H25IN6S. The number of nitrogens with one attached hydrogen (secondary N) is 2. The molecule has 24 heavy (non-hydrogen) atoms. The molecule has 132 valence electrons. The van der Waals surface area contributed by atoms with Crippen molar-refractivity contribution < 1.29 is 0 Å². The standard InChI is InChI=1S/C16H24N6S.HI/c1-17-16(18-10-13-11-19-21(2)12-13)20-14-5-7-22(8-6-14)15-4-3-9-23-15;/h3-4,9,11-12,14H,5-8,10H2,1-2H3,(H2,17,18,20);1H. The lowest BCUT2D eigenvalue weighted by atomic mass is 10.1. The number of guanidine groups is 1. The van der Waals surface area contributed by atoms with Crippen molar-refractivity contribution in [2.45, 2.75) is 25.4 Å². The molecule has 0 radical (unpaired) electrons. The first-order valence-electron chi connectivity index (χ1n) is 7.98. The van der Waals surface area contributed by atoms with Crippen molar-refractivity contribution >= 4 is 46.3 Å². The summed E-state index contributed by atoms with van der Waals surface area (Å²) in [6.45, 7) is 2.93. The number of rotatable bonds is 4. The number of anilines is 1. The van der Waals surface area contributed by atoms with E-state index in [1.165, 1.54) is 5.00 Å². The number of aromatic nitrogens is 2. The third-order valence-corrected chi connectivity index (χ3v) is 5.02. The molecule has 3 rings (SSSR count). The molecule has 3 heterocycles. The predicted molar refractivity (Wildman–Crippen MR) is 112 cm³/mol. The Morgan fingerprint density at radius 2 is 2.21 bits per heavy atom. The van der Waals surface area contributed by atoms with Crippen molar-refractivity contribution in [2.24, 2.45) is 12.0 Å². The van der Waals surface area contributed by atoms with E-state index in [4.69, 9.17) is 0 Å². The second kappa shape index (κ2) is 9.26. The van der Waals surface area contributed by atoms with Gasteiger partial charge in [-0.25, -0.2) is 0 Å². The van der Waals surface area contributed by atoms with E-state index in [0.29, 0.717) is 6.04 Å². The van der Waals surface area contributed by atoms with Gasteiger partial charge in [0.15, 0.2) is 5.96 Å². The molecule has 0 amide bonds. The fraction of sp³-hybridized carbons (Fsp3) is 0.500. The molecule has 0 bridgehead atoms. The lowest BCUT2D eigenvalue weighted by Gasteiger charge is -2.33. The highest BCUT2D eigenvalue weighted by Crippen LogP contribution is 2.24. The summed E-state index contributed by atoms with van der Waals surface area (Å²) < 4.78 is 1.81. The third-order valence-electron chi connectivity index (χ3n) is 4.10. The van der Waals surface area contributed by atoms with Gasteiger partial charge in [0, 0.05) is 51.5 Å². The summed E-state index contributed by atoms with van der Waals surface area (Å²) in [5.41, 5.74) is 1.16. The molecule has 2 N–H and O–H groups in total. The van der Waals surface area contributed by atoms with Crippen LogP contribution in [0, 0.1) is 0 Å². The van der Waals surface area contributed by atoms with Crippen molar-refractivity contribution in [3.8, 4) is 0 Å². The normalized spacial score (nSPS) is 15.9. The van der Waals surface area contributed by atoms with Gasteiger partial charge in [0.2, 0.25) is 0 Å². The molecule has 6 nitrogen and oxygen atoms in total. The van der Waals surface area contributed by atoms with Gasteiger partial charge < -0.3 is 15.5 Å². The number of thiophene rings is 1. The zero-order valence-electron chi connectivity index (χ0n) is 14.1. The van der Waals surface area contributed by atoms with Crippen molar-refractivity contribution in [2.75, 3.05) is 25.0 Å². The molecular weight excluding hydrogens is 435 g/mol. The predicted octanol–water partition coefficient (Wildman–Crippen LogP) is 2.43. The first kappa shape index (κ1) is 19.0. The van der Waals surface area contributed by atoms with Crippen LogP contribution in [0.5, 0.6) is 0 Å². The largest absolute Gasteiger partial charge is 0.363 e. The lowest BCUT2D eigenvalue weighted by molar-refractivity contribution is 0.463. The van der Waals surface area contributed by atoms with Gasteiger partial charge in [0.25, 0.3) is 0 Å². The summed E-state index contributed by atoms with van der Waals surface area (Å²) in [4.78, 5) is 6.80. The van der Waals surface area contributed by atoms with Crippen LogP contribution < -0.4 is 15.5 Å². The Labute approximate surface area is 164 Å². The third kappa shape index (κ3) is 5.10. The van der Waals surface area contributed by atoms with Crippen LogP contribution in [-0.2, 0) is 13.6 Å². The van der Waals surface area contributed by atoms with Gasteiger partial charge in [-0.3, -0.25) is 9.67 Å². The minimum absolute atomic E-state index is 0. The highest BCUT2D eigenvalue weighted by Gasteiger charge is 2.20. The summed E-state index contributed by atoms with van der Waals surface area (Å²) in [5.74, 6) is 0.864. The highest BCUT2D eigenvalue weighted by molar-refractivity contribution is 14.0. The summed E-state index contributed by atoms with van der Waals surface area (Å²) in [6, 6.07) is 4.80. The number of hydrogen-bond donors (Lipinski definition) is 2. The average molecular weight is 460 g/mol. The molecule has 0 aromatic carbocycles. The van der Waals surface area contributed by atoms with E-state index in [9.17, 15) is 0 Å². The summed E-state index contributed by atoms with van der Waals surface area (Å²) >= 11 is 1.82. The van der Waals surface area contributed by atoms with E-state index < -0.39 is 0 Å². The first-order chi connectivity index (χ1) is 11.2. The van der Waals surface area contributed by atoms with E-state index in [1.54, 1.807) is 0 Å². The van der Waals surface area contributed by atoms with Crippen LogP contribution in [0.25, 0.3) is 0 Å². The van der Waals surface area contributed by atoms with Crippen LogP contribution in [-0.4, -0.2) is 41.9 Å². The fourth-order valence-electron chi connectivity index (χ4n) is 2.83. The minimum Gasteiger partial charge on any atom is -0.363 e. The maximum Gasteiger partial charge on any atom is 0.191 e. The monoisotopic (exact) mass is 460 g/mol. The van der Waals surface area contributed by atoms with E-state index in [0.717, 1.165) is 44.0 Å². The molecule has 1 aliphatic heterocycles. The van der Waals surface area contributed by atoms with Crippen molar-refractivity contribution in [1.29, 1.82) is 0 Å². The maximum absolute atomic E-state index is 4.33. The molecule has 0 spiro atoms. The van der Waals surface area contributed by atoms with E-state index in [2.05, 4.69) is 43.1 Å². The Bertz CT molecular complexity index is 631. The Morgan fingerprint density at radius 3 is 2.79 bits per heavy atom. The molecule has 1 fully saturated rings. The van der Waals surface area contributed by atoms with Crippen molar-refractivity contribution in [3.63, 3.8) is 0 Å². The summed E-state index contributed by atoms with van der Waals surface area (Å²) in [5, 5.41) is 14.6. The highest BCUT2D eigenvalue weighted by atomic mass is 127. The molecule has 1 aliphatic rings. The Balaban J connectivity index is 0.00000208. The number of halogens is 1. The molecule has 2 aromatic rings. The number of hydrogen-bond acceptors (Lipinski definition) is 4. The van der Waals surface area contributed by atoms with Crippen LogP contribution >= 0.6 is 35.3 Å². The SMILES string of the molecule is CN=C(NCc1cnn(C)c1)NC1CCN(c2cccs2)CC1.I. The molecule has 0 atom stereocenters. The van der Waals surface area contributed by atoms with Crippen LogP contribution in [0.4, 0.5) is 5.00 Å². The quantitative estimate of drug-likeness (QED) is 0.418. The van der Waals surface area contributed by atoms with E-state index >= 15 is 0 Å².